The van der Waals surface area contributed by atoms with Gasteiger partial charge in [0.2, 0.25) is 0 Å². The Bertz CT molecular complexity index is 1080. The molecule has 0 saturated carbocycles. The van der Waals surface area contributed by atoms with Gasteiger partial charge in [-0.15, -0.1) is 0 Å². The fourth-order valence-corrected chi connectivity index (χ4v) is 4.54. The van der Waals surface area contributed by atoms with Crippen molar-refractivity contribution >= 4 is 34.6 Å². The summed E-state index contributed by atoms with van der Waals surface area (Å²) in [6.07, 6.45) is 0.954. The predicted molar refractivity (Wildman–Crippen MR) is 91.9 cm³/mol. The number of nitriles is 1. The summed E-state index contributed by atoms with van der Waals surface area (Å²) in [5, 5.41) is 19.2. The Morgan fingerprint density at radius 1 is 1.30 bits per heavy atom. The lowest BCUT2D eigenvalue weighted by Crippen LogP contribution is -2.54. The summed E-state index contributed by atoms with van der Waals surface area (Å²) in [5.41, 5.74) is 1.13. The summed E-state index contributed by atoms with van der Waals surface area (Å²) in [6.45, 7) is 0.221. The van der Waals surface area contributed by atoms with Gasteiger partial charge >= 0.3 is 12.1 Å². The summed E-state index contributed by atoms with van der Waals surface area (Å²) in [5.74, 6) is -0.437. The van der Waals surface area contributed by atoms with Crippen molar-refractivity contribution in [1.29, 1.82) is 5.26 Å². The number of aromatic nitrogens is 1. The second-order valence-corrected chi connectivity index (χ2v) is 6.84. The van der Waals surface area contributed by atoms with E-state index in [1.165, 1.54) is 15.9 Å². The van der Waals surface area contributed by atoms with Crippen molar-refractivity contribution in [2.24, 2.45) is 0 Å². The first kappa shape index (κ1) is 15.6. The number of anilines is 1. The van der Waals surface area contributed by atoms with Crippen LogP contribution in [0.4, 0.5) is 15.3 Å². The number of hydrogen-bond donors (Lipinski definition) is 1. The normalized spacial score (nSPS) is 26.0. The van der Waals surface area contributed by atoms with Crippen LogP contribution < -0.4 is 4.90 Å². The summed E-state index contributed by atoms with van der Waals surface area (Å²) < 4.78 is 0. The number of likely N-dealkylation sites (tertiary alicyclic amines) is 1. The first-order valence-corrected chi connectivity index (χ1v) is 8.46. The molecular formula is C18H13N5O4. The van der Waals surface area contributed by atoms with E-state index in [0.29, 0.717) is 28.6 Å². The van der Waals surface area contributed by atoms with Crippen molar-refractivity contribution in [1.82, 2.24) is 14.8 Å². The molecule has 1 N–H and O–H groups in total. The third-order valence-electron chi connectivity index (χ3n) is 5.62. The number of benzene rings is 1. The Morgan fingerprint density at radius 2 is 2.11 bits per heavy atom. The van der Waals surface area contributed by atoms with Gasteiger partial charge in [-0.2, -0.15) is 5.26 Å². The first-order valence-electron chi connectivity index (χ1n) is 8.46. The number of fused-ring (bicyclic) bond motifs is 6. The van der Waals surface area contributed by atoms with Crippen molar-refractivity contribution in [3.05, 3.63) is 36.0 Å². The summed E-state index contributed by atoms with van der Waals surface area (Å²) in [6, 6.07) is 6.49. The maximum absolute atomic E-state index is 13.1. The summed E-state index contributed by atoms with van der Waals surface area (Å²) in [7, 11) is 0. The highest BCUT2D eigenvalue weighted by Gasteiger charge is 2.63. The number of hydrogen-bond acceptors (Lipinski definition) is 5. The van der Waals surface area contributed by atoms with Crippen LogP contribution in [0.1, 0.15) is 12.0 Å². The number of rotatable bonds is 1. The molecule has 3 aliphatic heterocycles. The van der Waals surface area contributed by atoms with Crippen LogP contribution >= 0.6 is 0 Å². The van der Waals surface area contributed by atoms with Crippen molar-refractivity contribution < 1.29 is 19.5 Å². The lowest BCUT2D eigenvalue weighted by Gasteiger charge is -2.32. The van der Waals surface area contributed by atoms with Crippen LogP contribution in [0, 0.1) is 11.3 Å². The topological polar surface area (TPSA) is 118 Å². The van der Waals surface area contributed by atoms with Crippen LogP contribution in [0.5, 0.6) is 0 Å². The van der Waals surface area contributed by atoms with E-state index in [4.69, 9.17) is 0 Å². The molecule has 3 atom stereocenters. The number of pyridine rings is 1. The minimum Gasteiger partial charge on any atom is -0.465 e. The van der Waals surface area contributed by atoms with Gasteiger partial charge in [0, 0.05) is 18.1 Å². The zero-order valence-corrected chi connectivity index (χ0v) is 13.9. The predicted octanol–water partition coefficient (Wildman–Crippen LogP) is 1.38. The highest BCUT2D eigenvalue weighted by molar-refractivity contribution is 6.25. The van der Waals surface area contributed by atoms with Crippen LogP contribution in [-0.4, -0.2) is 62.6 Å². The van der Waals surface area contributed by atoms with Crippen molar-refractivity contribution in [3.63, 3.8) is 0 Å². The molecule has 4 heterocycles. The molecule has 5 rings (SSSR count). The molecule has 2 bridgehead atoms. The highest BCUT2D eigenvalue weighted by Crippen LogP contribution is 2.43. The van der Waals surface area contributed by atoms with Gasteiger partial charge in [0.1, 0.15) is 12.1 Å². The van der Waals surface area contributed by atoms with Crippen LogP contribution in [0.3, 0.4) is 0 Å². The molecule has 27 heavy (non-hydrogen) atoms. The van der Waals surface area contributed by atoms with E-state index in [0.717, 1.165) is 4.90 Å². The lowest BCUT2D eigenvalue weighted by atomic mass is 10.1. The Morgan fingerprint density at radius 3 is 2.85 bits per heavy atom. The number of piperazine rings is 1. The molecule has 3 saturated heterocycles. The van der Waals surface area contributed by atoms with E-state index in [2.05, 4.69) is 11.1 Å². The molecular weight excluding hydrogens is 350 g/mol. The summed E-state index contributed by atoms with van der Waals surface area (Å²) >= 11 is 0. The number of urea groups is 1. The fourth-order valence-electron chi connectivity index (χ4n) is 4.54. The molecule has 0 spiro atoms. The fraction of sp³-hybridized carbons (Fsp3) is 0.278. The molecule has 3 aliphatic rings. The second kappa shape index (κ2) is 5.17. The maximum Gasteiger partial charge on any atom is 0.407 e. The van der Waals surface area contributed by atoms with Gasteiger partial charge in [-0.1, -0.05) is 0 Å². The van der Waals surface area contributed by atoms with Crippen LogP contribution in [-0.2, 0) is 4.79 Å². The smallest absolute Gasteiger partial charge is 0.407 e. The molecule has 0 radical (unpaired) electrons. The Hall–Kier alpha value is -3.67. The average Bonchev–Trinajstić information content (AvgIpc) is 3.33. The number of carbonyl (C=O) groups excluding carboxylic acids is 2. The van der Waals surface area contributed by atoms with Crippen molar-refractivity contribution in [3.8, 4) is 6.07 Å². The Kier molecular flexibility index (Phi) is 2.98. The van der Waals surface area contributed by atoms with E-state index in [1.54, 1.807) is 24.4 Å². The lowest BCUT2D eigenvalue weighted by molar-refractivity contribution is -0.121. The monoisotopic (exact) mass is 363 g/mol. The van der Waals surface area contributed by atoms with E-state index in [-0.39, 0.29) is 12.6 Å². The van der Waals surface area contributed by atoms with Gasteiger partial charge in [-0.3, -0.25) is 9.78 Å². The average molecular weight is 363 g/mol. The van der Waals surface area contributed by atoms with Gasteiger partial charge in [0.05, 0.1) is 28.9 Å². The molecule has 0 aliphatic carbocycles. The van der Waals surface area contributed by atoms with E-state index in [1.807, 2.05) is 0 Å². The van der Waals surface area contributed by atoms with Gasteiger partial charge in [-0.25, -0.2) is 14.5 Å². The van der Waals surface area contributed by atoms with Gasteiger partial charge in [0.25, 0.3) is 5.91 Å². The number of imide groups is 1. The second-order valence-electron chi connectivity index (χ2n) is 6.84. The molecule has 3 fully saturated rings. The van der Waals surface area contributed by atoms with E-state index in [9.17, 15) is 24.8 Å². The Balaban J connectivity index is 1.62. The maximum atomic E-state index is 13.1. The largest absolute Gasteiger partial charge is 0.465 e. The van der Waals surface area contributed by atoms with E-state index >= 15 is 0 Å². The minimum absolute atomic E-state index is 0.221. The van der Waals surface area contributed by atoms with Crippen molar-refractivity contribution in [2.45, 2.75) is 24.5 Å². The third kappa shape index (κ3) is 1.87. The Labute approximate surface area is 153 Å². The molecule has 134 valence electrons. The minimum atomic E-state index is -1.08. The zero-order valence-electron chi connectivity index (χ0n) is 13.9. The quantitative estimate of drug-likeness (QED) is 0.765. The third-order valence-corrected chi connectivity index (χ3v) is 5.62. The number of carbonyl (C=O) groups is 3. The van der Waals surface area contributed by atoms with Gasteiger partial charge in [-0.05, 0) is 30.7 Å². The van der Waals surface area contributed by atoms with Crippen LogP contribution in [0.25, 0.3) is 10.9 Å². The van der Waals surface area contributed by atoms with E-state index < -0.39 is 30.1 Å². The molecule has 1 aromatic heterocycles. The molecule has 9 heteroatoms. The van der Waals surface area contributed by atoms with Gasteiger partial charge < -0.3 is 14.9 Å². The molecule has 2 aromatic rings. The number of amides is 4. The standard InChI is InChI=1S/C18H13N5O4/c19-7-9-3-4-12(11-2-1-5-20-14(9)11)23-16(24)15-13-6-10(22(15)17(23)25)8-21(13)18(26)27/h1-5,10,13,15H,6,8H2,(H,26,27)/t10-,13-,15-/m0/s1. The zero-order chi connectivity index (χ0) is 18.9. The van der Waals surface area contributed by atoms with Crippen LogP contribution in [0.2, 0.25) is 0 Å². The molecule has 4 amide bonds. The van der Waals surface area contributed by atoms with Crippen molar-refractivity contribution in [2.75, 3.05) is 11.4 Å². The first-order chi connectivity index (χ1) is 13.0. The SMILES string of the molecule is N#Cc1ccc(N2C(=O)[C@@H]3[C@@H]4C[C@@H](CN4C(=O)O)N3C2=O)c2cccnc12. The van der Waals surface area contributed by atoms with Gasteiger partial charge in [0.15, 0.2) is 0 Å². The number of nitrogens with zero attached hydrogens (tertiary/aromatic N) is 5. The molecule has 0 unspecified atom stereocenters. The van der Waals surface area contributed by atoms with Crippen LogP contribution in [0.15, 0.2) is 30.5 Å². The molecule has 1 aromatic carbocycles. The summed E-state index contributed by atoms with van der Waals surface area (Å²) in [4.78, 5) is 45.6. The molecule has 9 nitrogen and oxygen atoms in total. The highest BCUT2D eigenvalue weighted by atomic mass is 16.4. The number of carboxylic acid groups (broad SMARTS) is 1.